The van der Waals surface area contributed by atoms with E-state index in [2.05, 4.69) is 12.0 Å². The van der Waals surface area contributed by atoms with Crippen LogP contribution >= 0.6 is 0 Å². The van der Waals surface area contributed by atoms with Crippen molar-refractivity contribution in [2.45, 2.75) is 26.8 Å². The first-order valence-corrected chi connectivity index (χ1v) is 4.43. The van der Waals surface area contributed by atoms with Crippen molar-refractivity contribution >= 4 is 11.9 Å². The van der Waals surface area contributed by atoms with Crippen LogP contribution in [0.25, 0.3) is 6.08 Å². The predicted molar refractivity (Wildman–Crippen MR) is 52.2 cm³/mol. The Morgan fingerprint density at radius 3 is 3.08 bits per heavy atom. The quantitative estimate of drug-likeness (QED) is 0.660. The summed E-state index contributed by atoms with van der Waals surface area (Å²) >= 11 is 0. The Hall–Kier alpha value is -1.38. The molecule has 0 bridgehead atoms. The minimum Gasteiger partial charge on any atom is -0.295 e. The number of aryl methyl sites for hydroxylation is 1. The topological polar surface area (TPSA) is 34.9 Å². The Kier molecular flexibility index (Phi) is 3.43. The van der Waals surface area contributed by atoms with E-state index in [9.17, 15) is 4.79 Å². The molecule has 3 heteroatoms. The van der Waals surface area contributed by atoms with E-state index in [-0.39, 0.29) is 5.78 Å². The maximum Gasteiger partial charge on any atom is 0.152 e. The summed E-state index contributed by atoms with van der Waals surface area (Å²) in [6, 6.07) is 0. The average Bonchev–Trinajstić information content (AvgIpc) is 2.50. The lowest BCUT2D eigenvalue weighted by atomic mass is 10.3. The monoisotopic (exact) mass is 178 g/mol. The molecule has 0 aromatic carbocycles. The summed E-state index contributed by atoms with van der Waals surface area (Å²) in [5.74, 6) is 0.0586. The Balaban J connectivity index is 2.63. The summed E-state index contributed by atoms with van der Waals surface area (Å²) in [5, 5.41) is 4.14. The van der Waals surface area contributed by atoms with Crippen molar-refractivity contribution in [1.82, 2.24) is 9.78 Å². The molecule has 13 heavy (non-hydrogen) atoms. The molecule has 70 valence electrons. The van der Waals surface area contributed by atoms with Crippen molar-refractivity contribution in [2.75, 3.05) is 0 Å². The molecule has 0 amide bonds. The molecular weight excluding hydrogens is 164 g/mol. The third-order valence-corrected chi connectivity index (χ3v) is 1.62. The lowest BCUT2D eigenvalue weighted by molar-refractivity contribution is -0.112. The zero-order valence-corrected chi connectivity index (χ0v) is 8.03. The lowest BCUT2D eigenvalue weighted by Crippen LogP contribution is -1.95. The highest BCUT2D eigenvalue weighted by Crippen LogP contribution is 2.01. The highest BCUT2D eigenvalue weighted by Gasteiger charge is 1.93. The van der Waals surface area contributed by atoms with E-state index >= 15 is 0 Å². The van der Waals surface area contributed by atoms with Gasteiger partial charge in [0, 0.05) is 18.3 Å². The normalized spacial score (nSPS) is 10.9. The Labute approximate surface area is 78.1 Å². The van der Waals surface area contributed by atoms with E-state index in [1.54, 1.807) is 18.3 Å². The molecular formula is C10H14N2O. The molecule has 0 aliphatic rings. The molecule has 0 aliphatic heterocycles. The van der Waals surface area contributed by atoms with Crippen LogP contribution in [-0.2, 0) is 11.3 Å². The molecule has 0 atom stereocenters. The van der Waals surface area contributed by atoms with E-state index in [4.69, 9.17) is 0 Å². The summed E-state index contributed by atoms with van der Waals surface area (Å²) in [7, 11) is 0. The predicted octanol–water partition coefficient (Wildman–Crippen LogP) is 1.90. The van der Waals surface area contributed by atoms with Gasteiger partial charge in [-0.05, 0) is 25.5 Å². The van der Waals surface area contributed by atoms with Crippen molar-refractivity contribution in [3.8, 4) is 0 Å². The van der Waals surface area contributed by atoms with Crippen LogP contribution in [0.1, 0.15) is 25.8 Å². The molecule has 0 saturated heterocycles. The van der Waals surface area contributed by atoms with E-state index in [1.165, 1.54) is 6.92 Å². The molecule has 1 aromatic rings. The van der Waals surface area contributed by atoms with Gasteiger partial charge in [-0.15, -0.1) is 0 Å². The fourth-order valence-electron chi connectivity index (χ4n) is 1.03. The SMILES string of the molecule is CCCn1cc(/C=C/C(C)=O)cn1. The number of ketones is 1. The largest absolute Gasteiger partial charge is 0.295 e. The van der Waals surface area contributed by atoms with Gasteiger partial charge < -0.3 is 0 Å². The van der Waals surface area contributed by atoms with Crippen molar-refractivity contribution in [3.05, 3.63) is 24.0 Å². The first kappa shape index (κ1) is 9.71. The molecule has 0 fully saturated rings. The van der Waals surface area contributed by atoms with Crippen molar-refractivity contribution < 1.29 is 4.79 Å². The maximum atomic E-state index is 10.6. The Morgan fingerprint density at radius 2 is 2.46 bits per heavy atom. The summed E-state index contributed by atoms with van der Waals surface area (Å²) in [4.78, 5) is 10.6. The van der Waals surface area contributed by atoms with Gasteiger partial charge in [-0.2, -0.15) is 5.10 Å². The van der Waals surface area contributed by atoms with Gasteiger partial charge in [0.25, 0.3) is 0 Å². The van der Waals surface area contributed by atoms with E-state index < -0.39 is 0 Å². The van der Waals surface area contributed by atoms with Crippen LogP contribution in [0, 0.1) is 0 Å². The van der Waals surface area contributed by atoms with Crippen LogP contribution in [0.2, 0.25) is 0 Å². The highest BCUT2D eigenvalue weighted by molar-refractivity contribution is 5.91. The van der Waals surface area contributed by atoms with Gasteiger partial charge in [0.05, 0.1) is 6.20 Å². The number of rotatable bonds is 4. The second-order valence-corrected chi connectivity index (χ2v) is 2.98. The van der Waals surface area contributed by atoms with Gasteiger partial charge in [0.15, 0.2) is 5.78 Å². The van der Waals surface area contributed by atoms with Crippen LogP contribution in [0.4, 0.5) is 0 Å². The van der Waals surface area contributed by atoms with E-state index in [0.29, 0.717) is 0 Å². The Bertz CT molecular complexity index is 312. The summed E-state index contributed by atoms with van der Waals surface area (Å²) in [6.07, 6.45) is 8.09. The molecule has 0 N–H and O–H groups in total. The van der Waals surface area contributed by atoms with Crippen LogP contribution in [0.15, 0.2) is 18.5 Å². The van der Waals surface area contributed by atoms with Crippen LogP contribution < -0.4 is 0 Å². The molecule has 0 spiro atoms. The fraction of sp³-hybridized carbons (Fsp3) is 0.400. The molecule has 0 radical (unpaired) electrons. The van der Waals surface area contributed by atoms with Gasteiger partial charge in [-0.3, -0.25) is 9.48 Å². The van der Waals surface area contributed by atoms with Crippen molar-refractivity contribution in [2.24, 2.45) is 0 Å². The van der Waals surface area contributed by atoms with Crippen LogP contribution in [-0.4, -0.2) is 15.6 Å². The minimum atomic E-state index is 0.0586. The van der Waals surface area contributed by atoms with Crippen LogP contribution in [0.3, 0.4) is 0 Å². The summed E-state index contributed by atoms with van der Waals surface area (Å²) in [5.41, 5.74) is 0.976. The average molecular weight is 178 g/mol. The molecule has 1 aromatic heterocycles. The number of carbonyl (C=O) groups excluding carboxylic acids is 1. The van der Waals surface area contributed by atoms with Crippen LogP contribution in [0.5, 0.6) is 0 Å². The number of allylic oxidation sites excluding steroid dienone is 1. The third-order valence-electron chi connectivity index (χ3n) is 1.62. The van der Waals surface area contributed by atoms with E-state index in [1.807, 2.05) is 10.9 Å². The molecule has 1 rings (SSSR count). The molecule has 0 saturated carbocycles. The second-order valence-electron chi connectivity index (χ2n) is 2.98. The van der Waals surface area contributed by atoms with Crippen molar-refractivity contribution in [1.29, 1.82) is 0 Å². The zero-order chi connectivity index (χ0) is 9.68. The first-order valence-electron chi connectivity index (χ1n) is 4.43. The highest BCUT2D eigenvalue weighted by atomic mass is 16.1. The molecule has 3 nitrogen and oxygen atoms in total. The summed E-state index contributed by atoms with van der Waals surface area (Å²) in [6.45, 7) is 4.56. The van der Waals surface area contributed by atoms with Gasteiger partial charge in [0.2, 0.25) is 0 Å². The first-order chi connectivity index (χ1) is 6.22. The van der Waals surface area contributed by atoms with Gasteiger partial charge >= 0.3 is 0 Å². The maximum absolute atomic E-state index is 10.6. The number of aromatic nitrogens is 2. The standard InChI is InChI=1S/C10H14N2O/c1-3-6-12-8-10(7-11-12)5-4-9(2)13/h4-5,7-8H,3,6H2,1-2H3/b5-4+. The van der Waals surface area contributed by atoms with Gasteiger partial charge in [0.1, 0.15) is 0 Å². The molecule has 1 heterocycles. The smallest absolute Gasteiger partial charge is 0.152 e. The number of hydrogen-bond acceptors (Lipinski definition) is 2. The minimum absolute atomic E-state index is 0.0586. The number of hydrogen-bond donors (Lipinski definition) is 0. The zero-order valence-electron chi connectivity index (χ0n) is 8.03. The molecule has 0 aliphatic carbocycles. The van der Waals surface area contributed by atoms with Crippen molar-refractivity contribution in [3.63, 3.8) is 0 Å². The number of nitrogens with zero attached hydrogens (tertiary/aromatic N) is 2. The van der Waals surface area contributed by atoms with Gasteiger partial charge in [-0.1, -0.05) is 6.92 Å². The second kappa shape index (κ2) is 4.60. The molecule has 0 unspecified atom stereocenters. The lowest BCUT2D eigenvalue weighted by Gasteiger charge is -1.93. The third kappa shape index (κ3) is 3.23. The fourth-order valence-corrected chi connectivity index (χ4v) is 1.03. The van der Waals surface area contributed by atoms with E-state index in [0.717, 1.165) is 18.5 Å². The summed E-state index contributed by atoms with van der Waals surface area (Å²) < 4.78 is 1.87. The van der Waals surface area contributed by atoms with Gasteiger partial charge in [-0.25, -0.2) is 0 Å². The number of carbonyl (C=O) groups is 1. The Morgan fingerprint density at radius 1 is 1.69 bits per heavy atom.